The molecule has 3 N–H and O–H groups in total. The quantitative estimate of drug-likeness (QED) is 0.600. The molecular weight excluding hydrogens is 246 g/mol. The fraction of sp³-hybridized carbons (Fsp3) is 1.00. The van der Waals surface area contributed by atoms with E-state index in [-0.39, 0.29) is 5.54 Å². The van der Waals surface area contributed by atoms with Crippen molar-refractivity contribution >= 4 is 0 Å². The number of hydrogen-bond acceptors (Lipinski definition) is 3. The minimum absolute atomic E-state index is 0.276. The van der Waals surface area contributed by atoms with Crippen LogP contribution in [0, 0.1) is 11.8 Å². The molecule has 0 amide bonds. The molecule has 0 aromatic rings. The van der Waals surface area contributed by atoms with E-state index in [2.05, 4.69) is 31.3 Å². The van der Waals surface area contributed by atoms with Gasteiger partial charge in [-0.05, 0) is 58.0 Å². The number of rotatable bonds is 5. The van der Waals surface area contributed by atoms with E-state index < -0.39 is 0 Å². The van der Waals surface area contributed by atoms with E-state index in [1.165, 1.54) is 64.2 Å². The van der Waals surface area contributed by atoms with Gasteiger partial charge in [0.05, 0.1) is 0 Å². The van der Waals surface area contributed by atoms with Crippen LogP contribution in [0.5, 0.6) is 0 Å². The minimum Gasteiger partial charge on any atom is -0.302 e. The zero-order chi connectivity index (χ0) is 14.6. The van der Waals surface area contributed by atoms with Crippen LogP contribution < -0.4 is 11.3 Å². The molecule has 0 heterocycles. The van der Waals surface area contributed by atoms with Gasteiger partial charge in [0, 0.05) is 11.6 Å². The van der Waals surface area contributed by atoms with Crippen molar-refractivity contribution in [1.29, 1.82) is 0 Å². The molecule has 0 bridgehead atoms. The standard InChI is InChI=1S/C17H35N3/c1-14-9-11-17(12-10-14,20(2)3)16(19-18)13-15-7-5-4-6-8-15/h14-16,19H,4-13,18H2,1-3H3. The lowest BCUT2D eigenvalue weighted by atomic mass is 9.69. The fourth-order valence-corrected chi connectivity index (χ4v) is 4.57. The highest BCUT2D eigenvalue weighted by molar-refractivity contribution is 5.01. The number of hydrogen-bond donors (Lipinski definition) is 2. The summed E-state index contributed by atoms with van der Waals surface area (Å²) in [6, 6.07) is 0.452. The van der Waals surface area contributed by atoms with E-state index in [1.54, 1.807) is 0 Å². The van der Waals surface area contributed by atoms with Gasteiger partial charge >= 0.3 is 0 Å². The summed E-state index contributed by atoms with van der Waals surface area (Å²) in [5.41, 5.74) is 3.49. The van der Waals surface area contributed by atoms with Crippen molar-refractivity contribution in [2.75, 3.05) is 14.1 Å². The fourth-order valence-electron chi connectivity index (χ4n) is 4.57. The minimum atomic E-state index is 0.276. The summed E-state index contributed by atoms with van der Waals surface area (Å²) in [5, 5.41) is 0. The lowest BCUT2D eigenvalue weighted by molar-refractivity contribution is 0.0319. The second-order valence-corrected chi connectivity index (χ2v) is 7.64. The van der Waals surface area contributed by atoms with Crippen molar-refractivity contribution in [3.05, 3.63) is 0 Å². The maximum atomic E-state index is 6.00. The van der Waals surface area contributed by atoms with Crippen LogP contribution in [0.3, 0.4) is 0 Å². The summed E-state index contributed by atoms with van der Waals surface area (Å²) in [4.78, 5) is 2.46. The zero-order valence-corrected chi connectivity index (χ0v) is 13.8. The van der Waals surface area contributed by atoms with Crippen molar-refractivity contribution in [2.45, 2.75) is 82.7 Å². The van der Waals surface area contributed by atoms with Gasteiger partial charge in [-0.2, -0.15) is 0 Å². The van der Waals surface area contributed by atoms with Crippen molar-refractivity contribution in [3.63, 3.8) is 0 Å². The average molecular weight is 281 g/mol. The molecule has 2 saturated carbocycles. The second kappa shape index (κ2) is 7.24. The van der Waals surface area contributed by atoms with Gasteiger partial charge in [0.1, 0.15) is 0 Å². The maximum absolute atomic E-state index is 6.00. The van der Waals surface area contributed by atoms with E-state index in [9.17, 15) is 0 Å². The van der Waals surface area contributed by atoms with Crippen LogP contribution in [0.15, 0.2) is 0 Å². The van der Waals surface area contributed by atoms with E-state index in [4.69, 9.17) is 5.84 Å². The third-order valence-electron chi connectivity index (χ3n) is 6.17. The van der Waals surface area contributed by atoms with Crippen molar-refractivity contribution in [1.82, 2.24) is 10.3 Å². The van der Waals surface area contributed by atoms with Gasteiger partial charge in [0.25, 0.3) is 0 Å². The topological polar surface area (TPSA) is 41.3 Å². The Morgan fingerprint density at radius 2 is 1.70 bits per heavy atom. The third kappa shape index (κ3) is 3.55. The molecule has 1 atom stereocenters. The molecule has 0 aromatic heterocycles. The van der Waals surface area contributed by atoms with Crippen LogP contribution in [-0.2, 0) is 0 Å². The highest BCUT2D eigenvalue weighted by Gasteiger charge is 2.43. The Kier molecular flexibility index (Phi) is 5.88. The first kappa shape index (κ1) is 16.3. The van der Waals surface area contributed by atoms with Crippen LogP contribution in [-0.4, -0.2) is 30.6 Å². The molecular formula is C17H35N3. The van der Waals surface area contributed by atoms with Gasteiger partial charge in [-0.1, -0.05) is 39.0 Å². The second-order valence-electron chi connectivity index (χ2n) is 7.64. The first-order valence-corrected chi connectivity index (χ1v) is 8.72. The van der Waals surface area contributed by atoms with Gasteiger partial charge in [-0.15, -0.1) is 0 Å². The molecule has 2 rings (SSSR count). The predicted molar refractivity (Wildman–Crippen MR) is 86.4 cm³/mol. The molecule has 0 saturated heterocycles. The van der Waals surface area contributed by atoms with Crippen LogP contribution in [0.25, 0.3) is 0 Å². The molecule has 3 heteroatoms. The zero-order valence-electron chi connectivity index (χ0n) is 13.8. The monoisotopic (exact) mass is 281 g/mol. The number of nitrogens with two attached hydrogens (primary N) is 1. The molecule has 0 radical (unpaired) electrons. The Morgan fingerprint density at radius 3 is 2.20 bits per heavy atom. The smallest absolute Gasteiger partial charge is 0.0397 e. The number of nitrogens with zero attached hydrogens (tertiary/aromatic N) is 1. The maximum Gasteiger partial charge on any atom is 0.0397 e. The Balaban J connectivity index is 2.04. The largest absolute Gasteiger partial charge is 0.302 e. The lowest BCUT2D eigenvalue weighted by Crippen LogP contribution is -2.62. The van der Waals surface area contributed by atoms with Crippen LogP contribution in [0.4, 0.5) is 0 Å². The molecule has 2 aliphatic carbocycles. The summed E-state index contributed by atoms with van der Waals surface area (Å²) in [6.07, 6.45) is 13.7. The molecule has 3 nitrogen and oxygen atoms in total. The Morgan fingerprint density at radius 1 is 1.10 bits per heavy atom. The molecule has 2 fully saturated rings. The van der Waals surface area contributed by atoms with E-state index in [0.717, 1.165) is 11.8 Å². The first-order valence-electron chi connectivity index (χ1n) is 8.72. The van der Waals surface area contributed by atoms with Crippen molar-refractivity contribution in [2.24, 2.45) is 17.7 Å². The molecule has 1 unspecified atom stereocenters. The number of nitrogens with one attached hydrogen (secondary N) is 1. The summed E-state index contributed by atoms with van der Waals surface area (Å²) >= 11 is 0. The van der Waals surface area contributed by atoms with Gasteiger partial charge in [0.15, 0.2) is 0 Å². The van der Waals surface area contributed by atoms with Crippen LogP contribution >= 0.6 is 0 Å². The molecule has 2 aliphatic rings. The van der Waals surface area contributed by atoms with E-state index >= 15 is 0 Å². The number of hydrazine groups is 1. The van der Waals surface area contributed by atoms with Gasteiger partial charge in [0.2, 0.25) is 0 Å². The van der Waals surface area contributed by atoms with Gasteiger partial charge in [-0.25, -0.2) is 0 Å². The van der Waals surface area contributed by atoms with Crippen molar-refractivity contribution in [3.8, 4) is 0 Å². The SMILES string of the molecule is CC1CCC(C(CC2CCCCC2)NN)(N(C)C)CC1. The highest BCUT2D eigenvalue weighted by atomic mass is 15.3. The lowest BCUT2D eigenvalue weighted by Gasteiger charge is -2.50. The van der Waals surface area contributed by atoms with Gasteiger partial charge in [-0.3, -0.25) is 11.3 Å². The van der Waals surface area contributed by atoms with Crippen LogP contribution in [0.1, 0.15) is 71.1 Å². The highest BCUT2D eigenvalue weighted by Crippen LogP contribution is 2.40. The third-order valence-corrected chi connectivity index (χ3v) is 6.17. The Bertz CT molecular complexity index is 276. The van der Waals surface area contributed by atoms with Gasteiger partial charge < -0.3 is 4.90 Å². The summed E-state index contributed by atoms with van der Waals surface area (Å²) in [6.45, 7) is 2.39. The van der Waals surface area contributed by atoms with Crippen LogP contribution in [0.2, 0.25) is 0 Å². The Labute approximate surface area is 125 Å². The molecule has 118 valence electrons. The molecule has 0 aliphatic heterocycles. The molecule has 0 spiro atoms. The predicted octanol–water partition coefficient (Wildman–Crippen LogP) is 3.30. The molecule has 0 aromatic carbocycles. The summed E-state index contributed by atoms with van der Waals surface area (Å²) in [5.74, 6) is 7.78. The van der Waals surface area contributed by atoms with Crippen molar-refractivity contribution < 1.29 is 0 Å². The summed E-state index contributed by atoms with van der Waals surface area (Å²) in [7, 11) is 4.50. The summed E-state index contributed by atoms with van der Waals surface area (Å²) < 4.78 is 0. The normalized spacial score (nSPS) is 34.4. The number of likely N-dealkylation sites (N-methyl/N-ethyl adjacent to an activating group) is 1. The first-order chi connectivity index (χ1) is 9.58. The average Bonchev–Trinajstić information content (AvgIpc) is 2.47. The van der Waals surface area contributed by atoms with E-state index in [1.807, 2.05) is 0 Å². The Hall–Kier alpha value is -0.120. The van der Waals surface area contributed by atoms with E-state index in [0.29, 0.717) is 6.04 Å². The molecule has 20 heavy (non-hydrogen) atoms.